The molecule has 1 unspecified atom stereocenters. The lowest BCUT2D eigenvalue weighted by molar-refractivity contribution is 0.407. The third-order valence-corrected chi connectivity index (χ3v) is 3.71. The normalized spacial score (nSPS) is 11.8. The zero-order chi connectivity index (χ0) is 12.4. The summed E-state index contributed by atoms with van der Waals surface area (Å²) in [5.74, 6) is 0.838. The lowest BCUT2D eigenvalue weighted by atomic mass is 10.0. The molecule has 5 heteroatoms. The van der Waals surface area contributed by atoms with Gasteiger partial charge in [0.15, 0.2) is 0 Å². The van der Waals surface area contributed by atoms with E-state index in [1.165, 1.54) is 4.88 Å². The van der Waals surface area contributed by atoms with Crippen molar-refractivity contribution in [3.05, 3.63) is 35.0 Å². The minimum Gasteiger partial charge on any atom is -0.496 e. The van der Waals surface area contributed by atoms with Crippen molar-refractivity contribution in [1.29, 1.82) is 0 Å². The fourth-order valence-corrected chi connectivity index (χ4v) is 2.61. The molecule has 0 aliphatic heterocycles. The highest BCUT2D eigenvalue weighted by Gasteiger charge is 2.11. The Morgan fingerprint density at radius 2 is 2.11 bits per heavy atom. The first-order valence-electron chi connectivity index (χ1n) is 5.47. The SMILES string of the molecule is COc1cc(-c2scnc2C)ccc1C(C)N.Cl. The van der Waals surface area contributed by atoms with Gasteiger partial charge in [-0.2, -0.15) is 0 Å². The van der Waals surface area contributed by atoms with Crippen LogP contribution in [-0.4, -0.2) is 12.1 Å². The van der Waals surface area contributed by atoms with Crippen LogP contribution in [0, 0.1) is 6.92 Å². The van der Waals surface area contributed by atoms with E-state index in [9.17, 15) is 0 Å². The number of benzene rings is 1. The topological polar surface area (TPSA) is 48.1 Å². The molecule has 0 spiro atoms. The lowest BCUT2D eigenvalue weighted by Gasteiger charge is -2.13. The maximum absolute atomic E-state index is 5.90. The number of aryl methyl sites for hydroxylation is 1. The van der Waals surface area contributed by atoms with Crippen LogP contribution in [0.25, 0.3) is 10.4 Å². The number of ether oxygens (including phenoxy) is 1. The summed E-state index contributed by atoms with van der Waals surface area (Å²) in [6.07, 6.45) is 0. The van der Waals surface area contributed by atoms with E-state index in [2.05, 4.69) is 11.1 Å². The highest BCUT2D eigenvalue weighted by molar-refractivity contribution is 7.13. The predicted molar refractivity (Wildman–Crippen MR) is 78.7 cm³/mol. The van der Waals surface area contributed by atoms with Crippen molar-refractivity contribution in [3.63, 3.8) is 0 Å². The van der Waals surface area contributed by atoms with Gasteiger partial charge in [-0.25, -0.2) is 4.98 Å². The fourth-order valence-electron chi connectivity index (χ4n) is 1.81. The summed E-state index contributed by atoms with van der Waals surface area (Å²) in [5.41, 5.74) is 11.0. The van der Waals surface area contributed by atoms with Gasteiger partial charge in [0.2, 0.25) is 0 Å². The van der Waals surface area contributed by atoms with Gasteiger partial charge in [0.05, 0.1) is 23.2 Å². The molecular formula is C13H17ClN2OS. The zero-order valence-electron chi connectivity index (χ0n) is 10.6. The molecule has 0 amide bonds. The Hall–Kier alpha value is -1.10. The molecular weight excluding hydrogens is 268 g/mol. The Bertz CT molecular complexity index is 525. The first-order chi connectivity index (χ1) is 8.13. The highest BCUT2D eigenvalue weighted by Crippen LogP contribution is 2.33. The average molecular weight is 285 g/mol. The first kappa shape index (κ1) is 15.0. The Kier molecular flexibility index (Phi) is 5.14. The molecule has 1 heterocycles. The third kappa shape index (κ3) is 2.83. The summed E-state index contributed by atoms with van der Waals surface area (Å²) in [5, 5.41) is 0. The summed E-state index contributed by atoms with van der Waals surface area (Å²) in [4.78, 5) is 5.44. The number of hydrogen-bond acceptors (Lipinski definition) is 4. The third-order valence-electron chi connectivity index (χ3n) is 2.73. The Morgan fingerprint density at radius 1 is 1.39 bits per heavy atom. The number of hydrogen-bond donors (Lipinski definition) is 1. The summed E-state index contributed by atoms with van der Waals surface area (Å²) >= 11 is 1.64. The van der Waals surface area contributed by atoms with E-state index < -0.39 is 0 Å². The molecule has 0 radical (unpaired) electrons. The maximum atomic E-state index is 5.90. The number of halogens is 1. The molecule has 2 aromatic rings. The molecule has 1 aromatic heterocycles. The van der Waals surface area contributed by atoms with E-state index in [4.69, 9.17) is 10.5 Å². The predicted octanol–water partition coefficient (Wildman–Crippen LogP) is 3.57. The van der Waals surface area contributed by atoms with Crippen LogP contribution in [0.1, 0.15) is 24.2 Å². The number of rotatable bonds is 3. The van der Waals surface area contributed by atoms with Crippen LogP contribution in [0.15, 0.2) is 23.7 Å². The van der Waals surface area contributed by atoms with Crippen molar-refractivity contribution in [3.8, 4) is 16.2 Å². The van der Waals surface area contributed by atoms with E-state index in [0.29, 0.717) is 0 Å². The fraction of sp³-hybridized carbons (Fsp3) is 0.308. The van der Waals surface area contributed by atoms with Crippen LogP contribution < -0.4 is 10.5 Å². The number of nitrogens with zero attached hydrogens (tertiary/aromatic N) is 1. The van der Waals surface area contributed by atoms with E-state index in [1.807, 2.05) is 31.5 Å². The molecule has 0 aliphatic rings. The molecule has 1 aromatic carbocycles. The Balaban J connectivity index is 0.00000162. The molecule has 2 rings (SSSR count). The summed E-state index contributed by atoms with van der Waals surface area (Å²) in [6, 6.07) is 6.10. The molecule has 98 valence electrons. The lowest BCUT2D eigenvalue weighted by Crippen LogP contribution is -2.06. The number of methoxy groups -OCH3 is 1. The number of thiazole rings is 1. The molecule has 0 saturated heterocycles. The van der Waals surface area contributed by atoms with E-state index in [1.54, 1.807) is 18.4 Å². The van der Waals surface area contributed by atoms with E-state index >= 15 is 0 Å². The number of aromatic nitrogens is 1. The highest BCUT2D eigenvalue weighted by atomic mass is 35.5. The quantitative estimate of drug-likeness (QED) is 0.937. The van der Waals surface area contributed by atoms with Crippen LogP contribution >= 0.6 is 23.7 Å². The van der Waals surface area contributed by atoms with Gasteiger partial charge in [-0.1, -0.05) is 12.1 Å². The van der Waals surface area contributed by atoms with Crippen molar-refractivity contribution in [2.75, 3.05) is 7.11 Å². The summed E-state index contributed by atoms with van der Waals surface area (Å²) in [6.45, 7) is 3.97. The largest absolute Gasteiger partial charge is 0.496 e. The van der Waals surface area contributed by atoms with Crippen molar-refractivity contribution in [1.82, 2.24) is 4.98 Å². The Morgan fingerprint density at radius 3 is 2.61 bits per heavy atom. The van der Waals surface area contributed by atoms with Gasteiger partial charge in [0.1, 0.15) is 5.75 Å². The van der Waals surface area contributed by atoms with Crippen LogP contribution in [0.4, 0.5) is 0 Å². The second-order valence-corrected chi connectivity index (χ2v) is 4.87. The van der Waals surface area contributed by atoms with Gasteiger partial charge < -0.3 is 10.5 Å². The standard InChI is InChI=1S/C13H16N2OS.ClH/c1-8(14)11-5-4-10(6-12(11)16-3)13-9(2)15-7-17-13;/h4-8H,14H2,1-3H3;1H. The van der Waals surface area contributed by atoms with Crippen molar-refractivity contribution in [2.24, 2.45) is 5.73 Å². The summed E-state index contributed by atoms with van der Waals surface area (Å²) < 4.78 is 5.39. The molecule has 0 saturated carbocycles. The average Bonchev–Trinajstić information content (AvgIpc) is 2.74. The second kappa shape index (κ2) is 6.18. The van der Waals surface area contributed by atoms with Gasteiger partial charge in [-0.05, 0) is 25.5 Å². The first-order valence-corrected chi connectivity index (χ1v) is 6.35. The molecule has 18 heavy (non-hydrogen) atoms. The van der Waals surface area contributed by atoms with Gasteiger partial charge >= 0.3 is 0 Å². The van der Waals surface area contributed by atoms with Gasteiger partial charge in [-0.3, -0.25) is 0 Å². The molecule has 2 N–H and O–H groups in total. The van der Waals surface area contributed by atoms with Crippen LogP contribution in [0.2, 0.25) is 0 Å². The van der Waals surface area contributed by atoms with Crippen LogP contribution in [0.3, 0.4) is 0 Å². The van der Waals surface area contributed by atoms with Gasteiger partial charge in [-0.15, -0.1) is 23.7 Å². The van der Waals surface area contributed by atoms with Gasteiger partial charge in [0, 0.05) is 11.6 Å². The van der Waals surface area contributed by atoms with Crippen LogP contribution in [0.5, 0.6) is 5.75 Å². The van der Waals surface area contributed by atoms with E-state index in [0.717, 1.165) is 22.6 Å². The number of nitrogens with two attached hydrogens (primary N) is 1. The molecule has 1 atom stereocenters. The van der Waals surface area contributed by atoms with Crippen molar-refractivity contribution < 1.29 is 4.74 Å². The molecule has 0 aliphatic carbocycles. The zero-order valence-corrected chi connectivity index (χ0v) is 12.3. The smallest absolute Gasteiger partial charge is 0.124 e. The van der Waals surface area contributed by atoms with Crippen molar-refractivity contribution in [2.45, 2.75) is 19.9 Å². The summed E-state index contributed by atoms with van der Waals surface area (Å²) in [7, 11) is 1.67. The minimum atomic E-state index is -0.0263. The second-order valence-electron chi connectivity index (χ2n) is 4.01. The minimum absolute atomic E-state index is 0. The van der Waals surface area contributed by atoms with E-state index in [-0.39, 0.29) is 18.4 Å². The monoisotopic (exact) mass is 284 g/mol. The molecule has 0 bridgehead atoms. The molecule has 3 nitrogen and oxygen atoms in total. The molecule has 0 fully saturated rings. The van der Waals surface area contributed by atoms with Crippen molar-refractivity contribution >= 4 is 23.7 Å². The van der Waals surface area contributed by atoms with Crippen LogP contribution in [-0.2, 0) is 0 Å². The Labute approximate surface area is 117 Å². The maximum Gasteiger partial charge on any atom is 0.124 e. The van der Waals surface area contributed by atoms with Gasteiger partial charge in [0.25, 0.3) is 0 Å².